The summed E-state index contributed by atoms with van der Waals surface area (Å²) in [4.78, 5) is 28.0. The highest BCUT2D eigenvalue weighted by atomic mass is 35.5. The van der Waals surface area contributed by atoms with Crippen molar-refractivity contribution in [3.8, 4) is 0 Å². The van der Waals surface area contributed by atoms with Crippen molar-refractivity contribution < 1.29 is 9.59 Å². The van der Waals surface area contributed by atoms with E-state index in [1.54, 1.807) is 42.6 Å². The third-order valence-electron chi connectivity index (χ3n) is 3.68. The minimum atomic E-state index is -0.319. The number of halogens is 1. The SMILES string of the molecule is CC(=O)c1cccc(NC(=O)c2cncc(Nc3ccccc3Cl)c2)c1. The van der Waals surface area contributed by atoms with Crippen molar-refractivity contribution >= 4 is 40.4 Å². The van der Waals surface area contributed by atoms with Gasteiger partial charge in [0.2, 0.25) is 0 Å². The van der Waals surface area contributed by atoms with E-state index in [4.69, 9.17) is 11.6 Å². The molecule has 0 radical (unpaired) electrons. The first kappa shape index (κ1) is 17.6. The van der Waals surface area contributed by atoms with Crippen molar-refractivity contribution in [2.45, 2.75) is 6.92 Å². The summed E-state index contributed by atoms with van der Waals surface area (Å²) in [7, 11) is 0. The van der Waals surface area contributed by atoms with Gasteiger partial charge in [-0.1, -0.05) is 35.9 Å². The summed E-state index contributed by atoms with van der Waals surface area (Å²) < 4.78 is 0. The highest BCUT2D eigenvalue weighted by molar-refractivity contribution is 6.33. The summed E-state index contributed by atoms with van der Waals surface area (Å²) in [6.45, 7) is 1.48. The quantitative estimate of drug-likeness (QED) is 0.628. The highest BCUT2D eigenvalue weighted by Crippen LogP contribution is 2.25. The lowest BCUT2D eigenvalue weighted by molar-refractivity contribution is 0.101. The third-order valence-corrected chi connectivity index (χ3v) is 4.01. The number of hydrogen-bond donors (Lipinski definition) is 2. The van der Waals surface area contributed by atoms with Crippen LogP contribution in [0.2, 0.25) is 5.02 Å². The highest BCUT2D eigenvalue weighted by Gasteiger charge is 2.09. The van der Waals surface area contributed by atoms with E-state index in [-0.39, 0.29) is 11.7 Å². The summed E-state index contributed by atoms with van der Waals surface area (Å²) in [6.07, 6.45) is 3.08. The maximum atomic E-state index is 12.5. The molecule has 2 N–H and O–H groups in total. The first-order chi connectivity index (χ1) is 12.5. The number of carbonyl (C=O) groups is 2. The van der Waals surface area contributed by atoms with Gasteiger partial charge in [0.15, 0.2) is 5.78 Å². The maximum Gasteiger partial charge on any atom is 0.257 e. The predicted molar refractivity (Wildman–Crippen MR) is 103 cm³/mol. The number of pyridine rings is 1. The van der Waals surface area contributed by atoms with E-state index in [9.17, 15) is 9.59 Å². The number of ketones is 1. The molecular formula is C20H16ClN3O2. The molecule has 130 valence electrons. The van der Waals surface area contributed by atoms with Gasteiger partial charge in [0.25, 0.3) is 5.91 Å². The van der Waals surface area contributed by atoms with Crippen LogP contribution in [0.15, 0.2) is 67.0 Å². The second-order valence-corrected chi connectivity index (χ2v) is 6.07. The zero-order valence-electron chi connectivity index (χ0n) is 14.0. The zero-order chi connectivity index (χ0) is 18.5. The lowest BCUT2D eigenvalue weighted by Gasteiger charge is -2.10. The predicted octanol–water partition coefficient (Wildman–Crippen LogP) is 4.93. The van der Waals surface area contributed by atoms with Gasteiger partial charge in [-0.3, -0.25) is 14.6 Å². The van der Waals surface area contributed by atoms with E-state index in [0.29, 0.717) is 27.5 Å². The Bertz CT molecular complexity index is 973. The van der Waals surface area contributed by atoms with E-state index >= 15 is 0 Å². The van der Waals surface area contributed by atoms with Crippen LogP contribution in [0.5, 0.6) is 0 Å². The van der Waals surface area contributed by atoms with Crippen LogP contribution >= 0.6 is 11.6 Å². The summed E-state index contributed by atoms with van der Waals surface area (Å²) in [5, 5.41) is 6.48. The smallest absolute Gasteiger partial charge is 0.257 e. The Hall–Kier alpha value is -3.18. The lowest BCUT2D eigenvalue weighted by Crippen LogP contribution is -2.13. The molecule has 0 atom stereocenters. The largest absolute Gasteiger partial charge is 0.353 e. The van der Waals surface area contributed by atoms with Crippen molar-refractivity contribution in [1.29, 1.82) is 0 Å². The van der Waals surface area contributed by atoms with Crippen LogP contribution in [0, 0.1) is 0 Å². The Morgan fingerprint density at radius 2 is 1.69 bits per heavy atom. The Morgan fingerprint density at radius 3 is 2.46 bits per heavy atom. The van der Waals surface area contributed by atoms with Crippen LogP contribution in [0.4, 0.5) is 17.1 Å². The number of carbonyl (C=O) groups excluding carboxylic acids is 2. The van der Waals surface area contributed by atoms with Gasteiger partial charge in [0, 0.05) is 17.4 Å². The number of rotatable bonds is 5. The summed E-state index contributed by atoms with van der Waals surface area (Å²) in [6, 6.07) is 15.8. The molecule has 0 bridgehead atoms. The number of nitrogens with one attached hydrogen (secondary N) is 2. The van der Waals surface area contributed by atoms with E-state index in [2.05, 4.69) is 15.6 Å². The molecule has 3 aromatic rings. The molecule has 0 aliphatic rings. The van der Waals surface area contributed by atoms with Crippen molar-refractivity contribution in [1.82, 2.24) is 4.98 Å². The van der Waals surface area contributed by atoms with E-state index in [1.807, 2.05) is 18.2 Å². The lowest BCUT2D eigenvalue weighted by atomic mass is 10.1. The molecule has 6 heteroatoms. The first-order valence-corrected chi connectivity index (χ1v) is 8.30. The number of Topliss-reactive ketones (excluding diaryl/α,β-unsaturated/α-hetero) is 1. The van der Waals surface area contributed by atoms with Crippen LogP contribution < -0.4 is 10.6 Å². The van der Waals surface area contributed by atoms with Crippen LogP contribution in [-0.2, 0) is 0 Å². The molecule has 2 aromatic carbocycles. The molecule has 26 heavy (non-hydrogen) atoms. The molecule has 0 saturated heterocycles. The fourth-order valence-corrected chi connectivity index (χ4v) is 2.55. The minimum Gasteiger partial charge on any atom is -0.353 e. The third kappa shape index (κ3) is 4.26. The molecule has 0 fully saturated rings. The Kier molecular flexibility index (Phi) is 5.29. The van der Waals surface area contributed by atoms with Crippen molar-refractivity contribution in [3.63, 3.8) is 0 Å². The number of hydrogen-bond acceptors (Lipinski definition) is 4. The Labute approximate surface area is 156 Å². The average molecular weight is 366 g/mol. The monoisotopic (exact) mass is 365 g/mol. The van der Waals surface area contributed by atoms with Crippen molar-refractivity contribution in [3.05, 3.63) is 83.1 Å². The second-order valence-electron chi connectivity index (χ2n) is 5.66. The van der Waals surface area contributed by atoms with Gasteiger partial charge >= 0.3 is 0 Å². The van der Waals surface area contributed by atoms with Crippen molar-refractivity contribution in [2.24, 2.45) is 0 Å². The van der Waals surface area contributed by atoms with Gasteiger partial charge in [-0.05, 0) is 37.3 Å². The second kappa shape index (κ2) is 7.80. The minimum absolute atomic E-state index is 0.0614. The van der Waals surface area contributed by atoms with Crippen LogP contribution in [-0.4, -0.2) is 16.7 Å². The van der Waals surface area contributed by atoms with E-state index < -0.39 is 0 Å². The Morgan fingerprint density at radius 1 is 0.923 bits per heavy atom. The number of benzene rings is 2. The first-order valence-electron chi connectivity index (χ1n) is 7.92. The van der Waals surface area contributed by atoms with Crippen molar-refractivity contribution in [2.75, 3.05) is 10.6 Å². The number of anilines is 3. The molecule has 1 amide bonds. The van der Waals surface area contributed by atoms with Gasteiger partial charge in [0.05, 0.1) is 28.2 Å². The van der Waals surface area contributed by atoms with Gasteiger partial charge in [-0.25, -0.2) is 0 Å². The normalized spacial score (nSPS) is 10.2. The van der Waals surface area contributed by atoms with Crippen LogP contribution in [0.1, 0.15) is 27.6 Å². The summed E-state index contributed by atoms with van der Waals surface area (Å²) >= 11 is 6.13. The van der Waals surface area contributed by atoms with E-state index in [1.165, 1.54) is 13.1 Å². The molecule has 0 aliphatic carbocycles. The molecule has 0 aliphatic heterocycles. The molecule has 1 heterocycles. The molecular weight excluding hydrogens is 350 g/mol. The molecule has 5 nitrogen and oxygen atoms in total. The molecule has 3 rings (SSSR count). The standard InChI is InChI=1S/C20H16ClN3O2/c1-13(25)14-5-4-6-16(9-14)24-20(26)15-10-17(12-22-11-15)23-19-8-3-2-7-18(19)21/h2-12,23H,1H3,(H,24,26). The fourth-order valence-electron chi connectivity index (χ4n) is 2.37. The molecule has 0 unspecified atom stereocenters. The number of para-hydroxylation sites is 1. The fraction of sp³-hybridized carbons (Fsp3) is 0.0500. The van der Waals surface area contributed by atoms with Gasteiger partial charge in [0.1, 0.15) is 0 Å². The molecule has 0 spiro atoms. The zero-order valence-corrected chi connectivity index (χ0v) is 14.7. The van der Waals surface area contributed by atoms with Gasteiger partial charge in [-0.15, -0.1) is 0 Å². The average Bonchev–Trinajstić information content (AvgIpc) is 2.64. The Balaban J connectivity index is 1.77. The van der Waals surface area contributed by atoms with E-state index in [0.717, 1.165) is 5.69 Å². The van der Waals surface area contributed by atoms with Crippen LogP contribution in [0.3, 0.4) is 0 Å². The van der Waals surface area contributed by atoms with Gasteiger partial charge in [-0.2, -0.15) is 0 Å². The number of aromatic nitrogens is 1. The summed E-state index contributed by atoms with van der Waals surface area (Å²) in [5.74, 6) is -0.380. The topological polar surface area (TPSA) is 71.1 Å². The maximum absolute atomic E-state index is 12.5. The van der Waals surface area contributed by atoms with Gasteiger partial charge < -0.3 is 10.6 Å². The summed E-state index contributed by atoms with van der Waals surface area (Å²) in [5.41, 5.74) is 2.84. The van der Waals surface area contributed by atoms with Crippen LogP contribution in [0.25, 0.3) is 0 Å². The number of nitrogens with zero attached hydrogens (tertiary/aromatic N) is 1. The number of amides is 1. The molecule has 0 saturated carbocycles. The molecule has 1 aromatic heterocycles.